The summed E-state index contributed by atoms with van der Waals surface area (Å²) in [5.74, 6) is -0.983. The molecule has 41 heavy (non-hydrogen) atoms. The minimum atomic E-state index is -4.26. The fourth-order valence-corrected chi connectivity index (χ4v) is 6.41. The Bertz CT molecular complexity index is 1450. The fraction of sp³-hybridized carbons (Fsp3) is 0.310. The molecule has 0 fully saturated rings. The van der Waals surface area contributed by atoms with E-state index in [-0.39, 0.29) is 34.5 Å². The number of nitrogens with zero attached hydrogens (tertiary/aromatic N) is 2. The molecule has 220 valence electrons. The van der Waals surface area contributed by atoms with Crippen LogP contribution < -0.4 is 9.62 Å². The molecule has 1 atom stereocenters. The van der Waals surface area contributed by atoms with Crippen LogP contribution in [0.15, 0.2) is 71.6 Å². The van der Waals surface area contributed by atoms with Crippen molar-refractivity contribution in [3.05, 3.63) is 92.4 Å². The van der Waals surface area contributed by atoms with Crippen molar-refractivity contribution in [1.29, 1.82) is 0 Å². The zero-order valence-corrected chi connectivity index (χ0v) is 26.5. The number of anilines is 1. The number of hydrogen-bond acceptors (Lipinski definition) is 4. The number of benzene rings is 3. The molecule has 0 aliphatic carbocycles. The van der Waals surface area contributed by atoms with Gasteiger partial charge in [0.05, 0.1) is 10.6 Å². The predicted octanol–water partition coefficient (Wildman–Crippen LogP) is 7.22. The smallest absolute Gasteiger partial charge is 0.264 e. The minimum Gasteiger partial charge on any atom is -0.354 e. The summed E-state index contributed by atoms with van der Waals surface area (Å²) < 4.78 is 28.7. The van der Waals surface area contributed by atoms with E-state index in [0.29, 0.717) is 27.2 Å². The first-order valence-electron chi connectivity index (χ1n) is 13.0. The SMILES string of the molecule is CCCCNC(=O)[C@H](CC)N(Cc1c(Cl)cccc1Cl)C(=O)CN(c1cccc(Cl)c1)S(=O)(=O)c1ccc(Cl)cc1. The summed E-state index contributed by atoms with van der Waals surface area (Å²) >= 11 is 25.1. The molecular weight excluding hydrogens is 628 g/mol. The third-order valence-corrected chi connectivity index (χ3v) is 9.37. The molecule has 3 rings (SSSR count). The van der Waals surface area contributed by atoms with Crippen LogP contribution in [0.4, 0.5) is 5.69 Å². The van der Waals surface area contributed by atoms with Crippen LogP contribution in [-0.2, 0) is 26.2 Å². The van der Waals surface area contributed by atoms with E-state index in [1.165, 1.54) is 41.3 Å². The first-order chi connectivity index (χ1) is 19.5. The maximum Gasteiger partial charge on any atom is 0.264 e. The van der Waals surface area contributed by atoms with Gasteiger partial charge in [0.1, 0.15) is 12.6 Å². The maximum atomic E-state index is 14.1. The van der Waals surface area contributed by atoms with E-state index in [1.54, 1.807) is 37.3 Å². The quantitative estimate of drug-likeness (QED) is 0.197. The first-order valence-corrected chi connectivity index (χ1v) is 16.0. The monoisotopic (exact) mass is 657 g/mol. The van der Waals surface area contributed by atoms with Crippen LogP contribution in [0.5, 0.6) is 0 Å². The Kier molecular flexibility index (Phi) is 12.2. The average molecular weight is 659 g/mol. The molecule has 12 heteroatoms. The van der Waals surface area contributed by atoms with Crippen molar-refractivity contribution in [2.75, 3.05) is 17.4 Å². The first kappa shape index (κ1) is 33.0. The third kappa shape index (κ3) is 8.52. The molecule has 0 bridgehead atoms. The topological polar surface area (TPSA) is 86.8 Å². The lowest BCUT2D eigenvalue weighted by atomic mass is 10.1. The van der Waals surface area contributed by atoms with Crippen molar-refractivity contribution in [3.63, 3.8) is 0 Å². The molecule has 0 saturated heterocycles. The van der Waals surface area contributed by atoms with Crippen molar-refractivity contribution < 1.29 is 18.0 Å². The highest BCUT2D eigenvalue weighted by atomic mass is 35.5. The number of hydrogen-bond donors (Lipinski definition) is 1. The van der Waals surface area contributed by atoms with Crippen molar-refractivity contribution in [2.24, 2.45) is 0 Å². The number of unbranched alkanes of at least 4 members (excludes halogenated alkanes) is 1. The van der Waals surface area contributed by atoms with E-state index in [1.807, 2.05) is 6.92 Å². The average Bonchev–Trinajstić information content (AvgIpc) is 2.93. The van der Waals surface area contributed by atoms with Gasteiger partial charge in [-0.1, -0.05) is 78.8 Å². The molecule has 0 unspecified atom stereocenters. The molecular formula is C29H31Cl4N3O4S. The minimum absolute atomic E-state index is 0.0697. The van der Waals surface area contributed by atoms with Gasteiger partial charge in [0.25, 0.3) is 10.0 Å². The summed E-state index contributed by atoms with van der Waals surface area (Å²) in [4.78, 5) is 28.6. The molecule has 0 aromatic heterocycles. The molecule has 0 aliphatic rings. The third-order valence-electron chi connectivity index (χ3n) is 6.38. The van der Waals surface area contributed by atoms with Gasteiger partial charge in [0, 0.05) is 38.7 Å². The Balaban J connectivity index is 2.08. The van der Waals surface area contributed by atoms with Crippen LogP contribution in [0.25, 0.3) is 0 Å². The van der Waals surface area contributed by atoms with Crippen molar-refractivity contribution in [1.82, 2.24) is 10.2 Å². The van der Waals surface area contributed by atoms with Crippen LogP contribution in [0.1, 0.15) is 38.7 Å². The van der Waals surface area contributed by atoms with Gasteiger partial charge in [-0.25, -0.2) is 8.42 Å². The van der Waals surface area contributed by atoms with Gasteiger partial charge in [0.15, 0.2) is 0 Å². The van der Waals surface area contributed by atoms with Gasteiger partial charge in [-0.05, 0) is 67.4 Å². The number of carbonyl (C=O) groups excluding carboxylic acids is 2. The van der Waals surface area contributed by atoms with Gasteiger partial charge in [-0.3, -0.25) is 13.9 Å². The molecule has 1 N–H and O–H groups in total. The van der Waals surface area contributed by atoms with Crippen LogP contribution >= 0.6 is 46.4 Å². The number of sulfonamides is 1. The van der Waals surface area contributed by atoms with Gasteiger partial charge < -0.3 is 10.2 Å². The van der Waals surface area contributed by atoms with Gasteiger partial charge in [0.2, 0.25) is 11.8 Å². The number of halogens is 4. The Hall–Kier alpha value is -2.49. The Morgan fingerprint density at radius 2 is 1.51 bits per heavy atom. The second-order valence-electron chi connectivity index (χ2n) is 9.24. The second-order valence-corrected chi connectivity index (χ2v) is 12.8. The molecule has 3 aromatic carbocycles. The normalized spacial score (nSPS) is 12.0. The van der Waals surface area contributed by atoms with Crippen molar-refractivity contribution in [3.8, 4) is 0 Å². The Morgan fingerprint density at radius 3 is 2.10 bits per heavy atom. The number of carbonyl (C=O) groups is 2. The van der Waals surface area contributed by atoms with E-state index in [9.17, 15) is 18.0 Å². The summed E-state index contributed by atoms with van der Waals surface area (Å²) in [6, 6.07) is 15.8. The van der Waals surface area contributed by atoms with Crippen molar-refractivity contribution in [2.45, 2.75) is 50.6 Å². The number of nitrogens with one attached hydrogen (secondary N) is 1. The zero-order chi connectivity index (χ0) is 30.2. The lowest BCUT2D eigenvalue weighted by Crippen LogP contribution is -2.52. The molecule has 3 aromatic rings. The molecule has 2 amide bonds. The van der Waals surface area contributed by atoms with Gasteiger partial charge in [-0.15, -0.1) is 0 Å². The Labute approximate surface area is 261 Å². The largest absolute Gasteiger partial charge is 0.354 e. The van der Waals surface area contributed by atoms with Crippen molar-refractivity contribution >= 4 is 73.9 Å². The van der Waals surface area contributed by atoms with E-state index >= 15 is 0 Å². The summed E-state index contributed by atoms with van der Waals surface area (Å²) in [5, 5.41) is 4.15. The molecule has 0 spiro atoms. The number of rotatable bonds is 13. The predicted molar refractivity (Wildman–Crippen MR) is 166 cm³/mol. The van der Waals surface area contributed by atoms with Crippen LogP contribution in [-0.4, -0.2) is 44.3 Å². The molecule has 0 aliphatic heterocycles. The van der Waals surface area contributed by atoms with Gasteiger partial charge >= 0.3 is 0 Å². The van der Waals surface area contributed by atoms with Crippen LogP contribution in [0, 0.1) is 0 Å². The van der Waals surface area contributed by atoms with E-state index in [0.717, 1.165) is 17.1 Å². The fourth-order valence-electron chi connectivity index (χ4n) is 4.17. The summed E-state index contributed by atoms with van der Waals surface area (Å²) in [5.41, 5.74) is 0.621. The summed E-state index contributed by atoms with van der Waals surface area (Å²) in [6.45, 7) is 3.50. The van der Waals surface area contributed by atoms with E-state index in [2.05, 4.69) is 5.32 Å². The lowest BCUT2D eigenvalue weighted by Gasteiger charge is -2.33. The molecule has 0 heterocycles. The highest BCUT2D eigenvalue weighted by molar-refractivity contribution is 7.92. The summed E-state index contributed by atoms with van der Waals surface area (Å²) in [7, 11) is -4.26. The zero-order valence-electron chi connectivity index (χ0n) is 22.6. The van der Waals surface area contributed by atoms with Crippen LogP contribution in [0.2, 0.25) is 20.1 Å². The second kappa shape index (κ2) is 15.1. The van der Waals surface area contributed by atoms with E-state index < -0.39 is 28.5 Å². The van der Waals surface area contributed by atoms with Crippen LogP contribution in [0.3, 0.4) is 0 Å². The maximum absolute atomic E-state index is 14.1. The Morgan fingerprint density at radius 1 is 0.878 bits per heavy atom. The van der Waals surface area contributed by atoms with E-state index in [4.69, 9.17) is 46.4 Å². The number of amides is 2. The molecule has 0 saturated carbocycles. The molecule has 7 nitrogen and oxygen atoms in total. The summed E-state index contributed by atoms with van der Waals surface area (Å²) in [6.07, 6.45) is 1.92. The highest BCUT2D eigenvalue weighted by Gasteiger charge is 2.34. The molecule has 0 radical (unpaired) electrons. The van der Waals surface area contributed by atoms with Gasteiger partial charge in [-0.2, -0.15) is 0 Å². The highest BCUT2D eigenvalue weighted by Crippen LogP contribution is 2.30. The lowest BCUT2D eigenvalue weighted by molar-refractivity contribution is -0.140. The standard InChI is InChI=1S/C29H31Cl4N3O4S/c1-3-5-16-34-29(38)27(4-2)35(18-24-25(32)10-7-11-26(24)33)28(37)19-36(22-9-6-8-21(31)17-22)41(39,40)23-14-12-20(30)13-15-23/h6-15,17,27H,3-5,16,18-19H2,1-2H3,(H,34,38)/t27-/m0/s1.